The number of carbonyl (C=O) groups is 1. The van der Waals surface area contributed by atoms with Crippen molar-refractivity contribution < 1.29 is 4.79 Å². The Bertz CT molecular complexity index is 273. The first-order valence-electron chi connectivity index (χ1n) is 6.27. The number of nitrogens with one attached hydrogen (secondary N) is 2. The molecular weight excluding hydrogens is 202 g/mol. The van der Waals surface area contributed by atoms with E-state index in [0.717, 1.165) is 19.5 Å². The molecule has 0 radical (unpaired) electrons. The number of carbonyl (C=O) groups excluding carboxylic acids is 1. The van der Waals surface area contributed by atoms with Crippen LogP contribution in [-0.2, 0) is 4.79 Å². The predicted octanol–water partition coefficient (Wildman–Crippen LogP) is 0.337. The highest BCUT2D eigenvalue weighted by atomic mass is 16.2. The third-order valence-corrected chi connectivity index (χ3v) is 3.71. The van der Waals surface area contributed by atoms with Gasteiger partial charge in [-0.1, -0.05) is 0 Å². The van der Waals surface area contributed by atoms with Crippen molar-refractivity contribution in [2.75, 3.05) is 20.1 Å². The summed E-state index contributed by atoms with van der Waals surface area (Å²) in [6.07, 6.45) is 3.53. The maximum Gasteiger partial charge on any atom is 0.238 e. The van der Waals surface area contributed by atoms with Crippen LogP contribution in [0.3, 0.4) is 0 Å². The van der Waals surface area contributed by atoms with Gasteiger partial charge >= 0.3 is 0 Å². The molecule has 2 aliphatic rings. The first-order chi connectivity index (χ1) is 7.56. The predicted molar refractivity (Wildman–Crippen MR) is 64.3 cm³/mol. The fourth-order valence-corrected chi connectivity index (χ4v) is 2.77. The van der Waals surface area contributed by atoms with Crippen LogP contribution in [-0.4, -0.2) is 48.6 Å². The summed E-state index contributed by atoms with van der Waals surface area (Å²) in [6.45, 7) is 6.06. The minimum absolute atomic E-state index is 0.00463. The zero-order chi connectivity index (χ0) is 11.8. The van der Waals surface area contributed by atoms with Gasteiger partial charge < -0.3 is 10.6 Å². The molecule has 2 rings (SSSR count). The number of likely N-dealkylation sites (N-methyl/N-ethyl adjacent to an activating group) is 1. The molecule has 0 bridgehead atoms. The van der Waals surface area contributed by atoms with Crippen molar-refractivity contribution in [2.24, 2.45) is 0 Å². The maximum atomic E-state index is 12.0. The fourth-order valence-electron chi connectivity index (χ4n) is 2.77. The van der Waals surface area contributed by atoms with E-state index in [4.69, 9.17) is 0 Å². The van der Waals surface area contributed by atoms with Crippen LogP contribution in [0.1, 0.15) is 33.1 Å². The van der Waals surface area contributed by atoms with Gasteiger partial charge in [0.1, 0.15) is 6.04 Å². The Morgan fingerprint density at radius 3 is 2.75 bits per heavy atom. The quantitative estimate of drug-likeness (QED) is 0.728. The summed E-state index contributed by atoms with van der Waals surface area (Å²) in [5.41, 5.74) is 0.127. The molecule has 92 valence electrons. The minimum atomic E-state index is -0.00463. The van der Waals surface area contributed by atoms with E-state index >= 15 is 0 Å². The molecule has 1 aliphatic carbocycles. The van der Waals surface area contributed by atoms with Gasteiger partial charge in [-0.2, -0.15) is 0 Å². The molecule has 0 aromatic heterocycles. The second-order valence-electron chi connectivity index (χ2n) is 5.57. The Hall–Kier alpha value is -0.610. The lowest BCUT2D eigenvalue weighted by Crippen LogP contribution is -2.56. The molecule has 0 aromatic rings. The molecule has 1 amide bonds. The second-order valence-corrected chi connectivity index (χ2v) is 5.57. The van der Waals surface area contributed by atoms with E-state index in [-0.39, 0.29) is 17.5 Å². The standard InChI is InChI=1S/C12H23N3O/c1-12(2)6-7-14-11(16)10(8-13-3)15(12)9-4-5-9/h9-10,13H,4-8H2,1-3H3,(H,14,16). The highest BCUT2D eigenvalue weighted by Gasteiger charge is 2.45. The Morgan fingerprint density at radius 1 is 1.50 bits per heavy atom. The van der Waals surface area contributed by atoms with Gasteiger partial charge in [0.2, 0.25) is 5.91 Å². The molecular formula is C12H23N3O. The van der Waals surface area contributed by atoms with Crippen molar-refractivity contribution in [2.45, 2.75) is 50.7 Å². The largest absolute Gasteiger partial charge is 0.355 e. The minimum Gasteiger partial charge on any atom is -0.355 e. The molecule has 4 nitrogen and oxygen atoms in total. The van der Waals surface area contributed by atoms with Gasteiger partial charge in [0.05, 0.1) is 0 Å². The lowest BCUT2D eigenvalue weighted by molar-refractivity contribution is -0.127. The van der Waals surface area contributed by atoms with Crippen LogP contribution >= 0.6 is 0 Å². The van der Waals surface area contributed by atoms with Crippen molar-refractivity contribution >= 4 is 5.91 Å². The van der Waals surface area contributed by atoms with Gasteiger partial charge in [0.25, 0.3) is 0 Å². The Morgan fingerprint density at radius 2 is 2.19 bits per heavy atom. The summed E-state index contributed by atoms with van der Waals surface area (Å²) < 4.78 is 0. The monoisotopic (exact) mass is 225 g/mol. The first kappa shape index (κ1) is 11.9. The number of hydrogen-bond donors (Lipinski definition) is 2. The molecule has 0 aromatic carbocycles. The fraction of sp³-hybridized carbons (Fsp3) is 0.917. The van der Waals surface area contributed by atoms with Crippen LogP contribution in [0, 0.1) is 0 Å². The van der Waals surface area contributed by atoms with Gasteiger partial charge in [0, 0.05) is 24.7 Å². The van der Waals surface area contributed by atoms with Gasteiger partial charge in [-0.15, -0.1) is 0 Å². The molecule has 0 spiro atoms. The number of hydrogen-bond acceptors (Lipinski definition) is 3. The van der Waals surface area contributed by atoms with Crippen molar-refractivity contribution in [3.05, 3.63) is 0 Å². The van der Waals surface area contributed by atoms with Gasteiger partial charge in [0.15, 0.2) is 0 Å². The van der Waals surface area contributed by atoms with Crippen molar-refractivity contribution in [1.29, 1.82) is 0 Å². The SMILES string of the molecule is CNCC1C(=O)NCCC(C)(C)N1C1CC1. The van der Waals surface area contributed by atoms with Crippen LogP contribution in [0.2, 0.25) is 0 Å². The second kappa shape index (κ2) is 4.34. The number of amides is 1. The number of rotatable bonds is 3. The lowest BCUT2D eigenvalue weighted by atomic mass is 9.96. The van der Waals surface area contributed by atoms with E-state index in [0.29, 0.717) is 6.04 Å². The highest BCUT2D eigenvalue weighted by molar-refractivity contribution is 5.82. The van der Waals surface area contributed by atoms with E-state index in [1.165, 1.54) is 12.8 Å². The van der Waals surface area contributed by atoms with E-state index in [1.54, 1.807) is 0 Å². The summed E-state index contributed by atoms with van der Waals surface area (Å²) in [7, 11) is 1.91. The summed E-state index contributed by atoms with van der Waals surface area (Å²) in [6, 6.07) is 0.618. The van der Waals surface area contributed by atoms with Gasteiger partial charge in [-0.3, -0.25) is 9.69 Å². The van der Waals surface area contributed by atoms with E-state index in [2.05, 4.69) is 29.4 Å². The smallest absolute Gasteiger partial charge is 0.238 e. The normalized spacial score (nSPS) is 30.9. The van der Waals surface area contributed by atoms with Crippen LogP contribution in [0.4, 0.5) is 0 Å². The topological polar surface area (TPSA) is 44.4 Å². The summed E-state index contributed by atoms with van der Waals surface area (Å²) in [5.74, 6) is 0.187. The summed E-state index contributed by atoms with van der Waals surface area (Å²) in [5, 5.41) is 6.17. The molecule has 1 aliphatic heterocycles. The van der Waals surface area contributed by atoms with Crippen molar-refractivity contribution in [3.63, 3.8) is 0 Å². The average Bonchev–Trinajstić information content (AvgIpc) is 2.99. The summed E-state index contributed by atoms with van der Waals surface area (Å²) >= 11 is 0. The Kier molecular flexibility index (Phi) is 3.22. The van der Waals surface area contributed by atoms with Crippen molar-refractivity contribution in [1.82, 2.24) is 15.5 Å². The van der Waals surface area contributed by atoms with Crippen molar-refractivity contribution in [3.8, 4) is 0 Å². The molecule has 1 saturated heterocycles. The third kappa shape index (κ3) is 2.23. The average molecular weight is 225 g/mol. The molecule has 4 heteroatoms. The summed E-state index contributed by atoms with van der Waals surface area (Å²) in [4.78, 5) is 14.5. The molecule has 2 N–H and O–H groups in total. The van der Waals surface area contributed by atoms with E-state index in [9.17, 15) is 4.79 Å². The first-order valence-corrected chi connectivity index (χ1v) is 6.27. The lowest BCUT2D eigenvalue weighted by Gasteiger charge is -2.41. The molecule has 1 saturated carbocycles. The Labute approximate surface area is 97.8 Å². The maximum absolute atomic E-state index is 12.0. The number of nitrogens with zero attached hydrogens (tertiary/aromatic N) is 1. The zero-order valence-corrected chi connectivity index (χ0v) is 10.5. The van der Waals surface area contributed by atoms with Crippen LogP contribution in [0.25, 0.3) is 0 Å². The van der Waals surface area contributed by atoms with Crippen LogP contribution in [0.5, 0.6) is 0 Å². The highest BCUT2D eigenvalue weighted by Crippen LogP contribution is 2.37. The van der Waals surface area contributed by atoms with Gasteiger partial charge in [-0.05, 0) is 40.2 Å². The van der Waals surface area contributed by atoms with Crippen LogP contribution in [0.15, 0.2) is 0 Å². The molecule has 2 fully saturated rings. The molecule has 1 heterocycles. The zero-order valence-electron chi connectivity index (χ0n) is 10.5. The molecule has 1 unspecified atom stereocenters. The molecule has 16 heavy (non-hydrogen) atoms. The van der Waals surface area contributed by atoms with E-state index < -0.39 is 0 Å². The van der Waals surface area contributed by atoms with Crippen LogP contribution < -0.4 is 10.6 Å². The molecule has 1 atom stereocenters. The Balaban J connectivity index is 2.22. The third-order valence-electron chi connectivity index (χ3n) is 3.71. The van der Waals surface area contributed by atoms with Gasteiger partial charge in [-0.25, -0.2) is 0 Å². The van der Waals surface area contributed by atoms with E-state index in [1.807, 2.05) is 7.05 Å².